The van der Waals surface area contributed by atoms with Crippen LogP contribution >= 0.6 is 0 Å². The van der Waals surface area contributed by atoms with Crippen LogP contribution in [-0.2, 0) is 0 Å². The molecule has 16 heavy (non-hydrogen) atoms. The van der Waals surface area contributed by atoms with Crippen molar-refractivity contribution in [2.75, 3.05) is 59.5 Å². The van der Waals surface area contributed by atoms with Gasteiger partial charge in [0, 0.05) is 45.3 Å². The molecule has 0 saturated carbocycles. The fourth-order valence-electron chi connectivity index (χ4n) is 2.74. The third kappa shape index (κ3) is 3.17. The van der Waals surface area contributed by atoms with Gasteiger partial charge in [-0.15, -0.1) is 0 Å². The third-order valence-electron chi connectivity index (χ3n) is 4.01. The van der Waals surface area contributed by atoms with Gasteiger partial charge in [-0.1, -0.05) is 0 Å². The first kappa shape index (κ1) is 12.3. The van der Waals surface area contributed by atoms with E-state index in [4.69, 9.17) is 0 Å². The lowest BCUT2D eigenvalue weighted by molar-refractivity contribution is 0.114. The zero-order valence-electron chi connectivity index (χ0n) is 10.4. The number of nitrogens with zero attached hydrogens (tertiary/aromatic N) is 3. The van der Waals surface area contributed by atoms with Crippen molar-refractivity contribution < 1.29 is 5.11 Å². The van der Waals surface area contributed by atoms with Crippen LogP contribution in [0.1, 0.15) is 12.8 Å². The maximum Gasteiger partial charge on any atom is 0.0586 e. The highest BCUT2D eigenvalue weighted by Gasteiger charge is 2.24. The van der Waals surface area contributed by atoms with Crippen LogP contribution in [0.2, 0.25) is 0 Å². The maximum absolute atomic E-state index is 9.25. The Morgan fingerprint density at radius 1 is 1.06 bits per heavy atom. The summed E-state index contributed by atoms with van der Waals surface area (Å²) in [6.07, 6.45) is 2.44. The lowest BCUT2D eigenvalue weighted by Gasteiger charge is -2.34. The Labute approximate surface area is 98.8 Å². The van der Waals surface area contributed by atoms with Crippen LogP contribution in [-0.4, -0.2) is 85.3 Å². The minimum absolute atomic E-state index is 0.336. The van der Waals surface area contributed by atoms with Crippen LogP contribution in [0.15, 0.2) is 0 Å². The van der Waals surface area contributed by atoms with Gasteiger partial charge in [0.1, 0.15) is 0 Å². The van der Waals surface area contributed by atoms with Gasteiger partial charge in [0.2, 0.25) is 0 Å². The molecule has 0 spiro atoms. The lowest BCUT2D eigenvalue weighted by atomic mass is 10.2. The Hall–Kier alpha value is -0.160. The molecule has 0 aliphatic carbocycles. The van der Waals surface area contributed by atoms with Gasteiger partial charge < -0.3 is 10.0 Å². The molecule has 0 amide bonds. The molecule has 1 atom stereocenters. The van der Waals surface area contributed by atoms with E-state index in [0.717, 1.165) is 6.54 Å². The number of piperazine rings is 1. The average molecular weight is 227 g/mol. The van der Waals surface area contributed by atoms with Gasteiger partial charge >= 0.3 is 0 Å². The first-order valence-corrected chi connectivity index (χ1v) is 6.55. The molecule has 2 saturated heterocycles. The van der Waals surface area contributed by atoms with Crippen molar-refractivity contribution in [3.8, 4) is 0 Å². The lowest BCUT2D eigenvalue weighted by Crippen LogP contribution is -2.47. The van der Waals surface area contributed by atoms with Crippen molar-refractivity contribution >= 4 is 0 Å². The van der Waals surface area contributed by atoms with Crippen molar-refractivity contribution in [1.82, 2.24) is 14.7 Å². The molecule has 0 radical (unpaired) electrons. The van der Waals surface area contributed by atoms with Gasteiger partial charge in [0.05, 0.1) is 6.61 Å². The predicted molar refractivity (Wildman–Crippen MR) is 65.6 cm³/mol. The fourth-order valence-corrected chi connectivity index (χ4v) is 2.74. The van der Waals surface area contributed by atoms with Crippen LogP contribution < -0.4 is 0 Å². The predicted octanol–water partition coefficient (Wildman–Crippen LogP) is -0.309. The molecule has 0 aromatic heterocycles. The molecular formula is C12H25N3O. The smallest absolute Gasteiger partial charge is 0.0586 e. The summed E-state index contributed by atoms with van der Waals surface area (Å²) < 4.78 is 0. The zero-order valence-corrected chi connectivity index (χ0v) is 10.4. The number of hydrogen-bond acceptors (Lipinski definition) is 4. The molecule has 4 heteroatoms. The van der Waals surface area contributed by atoms with Crippen molar-refractivity contribution in [3.05, 3.63) is 0 Å². The average Bonchev–Trinajstić information content (AvgIpc) is 2.76. The zero-order chi connectivity index (χ0) is 11.4. The number of aliphatic hydroxyl groups is 1. The molecular weight excluding hydrogens is 202 g/mol. The van der Waals surface area contributed by atoms with Crippen LogP contribution in [0, 0.1) is 0 Å². The molecule has 94 valence electrons. The molecule has 0 aromatic carbocycles. The number of likely N-dealkylation sites (tertiary alicyclic amines) is 1. The Morgan fingerprint density at radius 2 is 1.81 bits per heavy atom. The number of rotatable bonds is 4. The van der Waals surface area contributed by atoms with Crippen molar-refractivity contribution in [3.63, 3.8) is 0 Å². The summed E-state index contributed by atoms with van der Waals surface area (Å²) in [7, 11) is 2.19. The third-order valence-corrected chi connectivity index (χ3v) is 4.01. The molecule has 1 N–H and O–H groups in total. The first-order valence-electron chi connectivity index (χ1n) is 6.55. The van der Waals surface area contributed by atoms with E-state index in [1.165, 1.54) is 52.1 Å². The van der Waals surface area contributed by atoms with Crippen LogP contribution in [0.25, 0.3) is 0 Å². The van der Waals surface area contributed by atoms with Crippen LogP contribution in [0.5, 0.6) is 0 Å². The van der Waals surface area contributed by atoms with E-state index in [-0.39, 0.29) is 0 Å². The van der Waals surface area contributed by atoms with Gasteiger partial charge in [-0.25, -0.2) is 0 Å². The summed E-state index contributed by atoms with van der Waals surface area (Å²) in [5.74, 6) is 0. The van der Waals surface area contributed by atoms with Crippen LogP contribution in [0.4, 0.5) is 0 Å². The van der Waals surface area contributed by atoms with E-state index in [1.807, 2.05) is 0 Å². The summed E-state index contributed by atoms with van der Waals surface area (Å²) in [6.45, 7) is 8.62. The van der Waals surface area contributed by atoms with Crippen molar-refractivity contribution in [1.29, 1.82) is 0 Å². The normalized spacial score (nSPS) is 30.0. The Morgan fingerprint density at radius 3 is 2.50 bits per heavy atom. The largest absolute Gasteiger partial charge is 0.395 e. The van der Waals surface area contributed by atoms with E-state index < -0.39 is 0 Å². The monoisotopic (exact) mass is 227 g/mol. The Kier molecular flexibility index (Phi) is 4.58. The minimum atomic E-state index is 0.336. The molecule has 2 aliphatic rings. The number of likely N-dealkylation sites (N-methyl/N-ethyl adjacent to an activating group) is 1. The van der Waals surface area contributed by atoms with Gasteiger partial charge in [0.15, 0.2) is 0 Å². The van der Waals surface area contributed by atoms with E-state index in [1.54, 1.807) is 0 Å². The topological polar surface area (TPSA) is 30.0 Å². The van der Waals surface area contributed by atoms with Crippen LogP contribution in [0.3, 0.4) is 0 Å². The summed E-state index contributed by atoms with van der Waals surface area (Å²) in [6, 6.07) is 0.437. The summed E-state index contributed by atoms with van der Waals surface area (Å²) in [5, 5.41) is 9.25. The quantitative estimate of drug-likeness (QED) is 0.714. The second-order valence-corrected chi connectivity index (χ2v) is 5.16. The van der Waals surface area contributed by atoms with E-state index >= 15 is 0 Å². The van der Waals surface area contributed by atoms with E-state index in [0.29, 0.717) is 12.6 Å². The molecule has 2 rings (SSSR count). The van der Waals surface area contributed by atoms with Crippen molar-refractivity contribution in [2.45, 2.75) is 18.9 Å². The molecule has 0 aromatic rings. The molecule has 2 heterocycles. The fraction of sp³-hybridized carbons (Fsp3) is 1.00. The molecule has 2 fully saturated rings. The minimum Gasteiger partial charge on any atom is -0.395 e. The molecule has 0 bridgehead atoms. The van der Waals surface area contributed by atoms with Gasteiger partial charge in [-0.3, -0.25) is 9.80 Å². The summed E-state index contributed by atoms with van der Waals surface area (Å²) in [5.41, 5.74) is 0. The summed E-state index contributed by atoms with van der Waals surface area (Å²) >= 11 is 0. The second kappa shape index (κ2) is 5.96. The highest BCUT2D eigenvalue weighted by molar-refractivity contribution is 4.80. The number of aliphatic hydroxyl groups excluding tert-OH is 1. The van der Waals surface area contributed by atoms with E-state index in [2.05, 4.69) is 21.7 Å². The van der Waals surface area contributed by atoms with Gasteiger partial charge in [-0.2, -0.15) is 0 Å². The second-order valence-electron chi connectivity index (χ2n) is 5.16. The Balaban J connectivity index is 1.67. The molecule has 4 nitrogen and oxygen atoms in total. The first-order chi connectivity index (χ1) is 7.79. The Bertz CT molecular complexity index is 204. The maximum atomic E-state index is 9.25. The van der Waals surface area contributed by atoms with Gasteiger partial charge in [0.25, 0.3) is 0 Å². The van der Waals surface area contributed by atoms with Gasteiger partial charge in [-0.05, 0) is 26.4 Å². The highest BCUT2D eigenvalue weighted by atomic mass is 16.3. The standard InChI is InChI=1S/C12H25N3O/c1-13-5-7-14(8-6-13)9-10-15-4-2-3-12(15)11-16/h12,16H,2-11H2,1H3. The molecule has 2 aliphatic heterocycles. The SMILES string of the molecule is CN1CCN(CCN2CCCC2CO)CC1. The van der Waals surface area contributed by atoms with E-state index in [9.17, 15) is 5.11 Å². The highest BCUT2D eigenvalue weighted by Crippen LogP contribution is 2.16. The molecule has 1 unspecified atom stereocenters. The number of hydrogen-bond donors (Lipinski definition) is 1. The summed E-state index contributed by atoms with van der Waals surface area (Å²) in [4.78, 5) is 7.40. The van der Waals surface area contributed by atoms with Crippen molar-refractivity contribution in [2.24, 2.45) is 0 Å².